The number of nitrogens with zero attached hydrogens (tertiary/aromatic N) is 2. The van der Waals surface area contributed by atoms with Crippen molar-refractivity contribution in [1.82, 2.24) is 14.5 Å². The highest BCUT2D eigenvalue weighted by Gasteiger charge is 2.40. The molecule has 1 aromatic rings. The van der Waals surface area contributed by atoms with Crippen molar-refractivity contribution in [3.8, 4) is 5.75 Å². The van der Waals surface area contributed by atoms with Crippen LogP contribution in [0.25, 0.3) is 0 Å². The summed E-state index contributed by atoms with van der Waals surface area (Å²) in [6, 6.07) is 3.13. The molecule has 2 amide bonds. The normalized spacial score (nSPS) is 20.3. The summed E-state index contributed by atoms with van der Waals surface area (Å²) in [6.45, 7) is 17.3. The quantitative estimate of drug-likeness (QED) is 0.278. The SMILES string of the molecule is C=CCOc1cc(Cl)c(Cl)cc1C(N[S+]([O-])C(C)(C)C)C1CCN(C(=O)[C@H]2CCN(C(=O)OC(C)(C)C)C2)CC1. The zero-order valence-electron chi connectivity index (χ0n) is 24.4. The van der Waals surface area contributed by atoms with E-state index in [0.717, 1.165) is 5.56 Å². The average molecular weight is 617 g/mol. The summed E-state index contributed by atoms with van der Waals surface area (Å²) in [4.78, 5) is 29.4. The number of rotatable bonds is 8. The first-order valence-corrected chi connectivity index (χ1v) is 15.7. The smallest absolute Gasteiger partial charge is 0.410 e. The van der Waals surface area contributed by atoms with Crippen molar-refractivity contribution in [2.45, 2.75) is 77.2 Å². The molecular formula is C29H43Cl2N3O5S. The van der Waals surface area contributed by atoms with Gasteiger partial charge in [0.25, 0.3) is 0 Å². The molecule has 0 bridgehead atoms. The Labute approximate surface area is 252 Å². The van der Waals surface area contributed by atoms with Crippen molar-refractivity contribution >= 4 is 46.6 Å². The van der Waals surface area contributed by atoms with Crippen molar-refractivity contribution in [3.63, 3.8) is 0 Å². The van der Waals surface area contributed by atoms with Gasteiger partial charge in [-0.15, -0.1) is 4.72 Å². The number of hydrogen-bond donors (Lipinski definition) is 1. The molecule has 3 atom stereocenters. The maximum Gasteiger partial charge on any atom is 0.410 e. The van der Waals surface area contributed by atoms with Crippen LogP contribution >= 0.6 is 23.2 Å². The molecule has 2 aliphatic rings. The van der Waals surface area contributed by atoms with Gasteiger partial charge in [0.2, 0.25) is 5.91 Å². The van der Waals surface area contributed by atoms with E-state index in [0.29, 0.717) is 61.2 Å². The maximum atomic E-state index is 13.4. The highest BCUT2D eigenvalue weighted by Crippen LogP contribution is 2.41. The molecule has 0 aliphatic carbocycles. The zero-order chi connectivity index (χ0) is 29.8. The lowest BCUT2D eigenvalue weighted by molar-refractivity contribution is -0.136. The minimum atomic E-state index is -1.36. The molecular weight excluding hydrogens is 573 g/mol. The molecule has 2 unspecified atom stereocenters. The van der Waals surface area contributed by atoms with Crippen LogP contribution in [0.1, 0.15) is 72.4 Å². The van der Waals surface area contributed by atoms with E-state index in [9.17, 15) is 14.1 Å². The number of piperidine rings is 1. The fourth-order valence-corrected chi connectivity index (χ4v) is 6.16. The summed E-state index contributed by atoms with van der Waals surface area (Å²) < 4.78 is 27.5. The third kappa shape index (κ3) is 8.68. The largest absolute Gasteiger partial charge is 0.598 e. The summed E-state index contributed by atoms with van der Waals surface area (Å²) in [6.07, 6.45) is 3.31. The number of benzene rings is 1. The molecule has 2 heterocycles. The van der Waals surface area contributed by atoms with Gasteiger partial charge >= 0.3 is 6.09 Å². The fraction of sp³-hybridized carbons (Fsp3) is 0.655. The highest BCUT2D eigenvalue weighted by atomic mass is 35.5. The van der Waals surface area contributed by atoms with Crippen molar-refractivity contribution in [2.24, 2.45) is 11.8 Å². The molecule has 0 saturated carbocycles. The topological polar surface area (TPSA) is 94.2 Å². The van der Waals surface area contributed by atoms with E-state index in [1.54, 1.807) is 23.1 Å². The Morgan fingerprint density at radius 3 is 2.27 bits per heavy atom. The van der Waals surface area contributed by atoms with Crippen molar-refractivity contribution in [2.75, 3.05) is 32.8 Å². The second-order valence-corrected chi connectivity index (χ2v) is 15.3. The Hall–Kier alpha value is -1.65. The Bertz CT molecular complexity index is 1070. The lowest BCUT2D eigenvalue weighted by atomic mass is 9.85. The number of halogens is 2. The van der Waals surface area contributed by atoms with Gasteiger partial charge in [0.05, 0.1) is 22.0 Å². The predicted octanol–water partition coefficient (Wildman–Crippen LogP) is 6.15. The van der Waals surface area contributed by atoms with Gasteiger partial charge in [-0.25, -0.2) is 4.79 Å². The van der Waals surface area contributed by atoms with Crippen LogP contribution in [0.3, 0.4) is 0 Å². The third-order valence-corrected chi connectivity index (χ3v) is 9.35. The van der Waals surface area contributed by atoms with Crippen LogP contribution in [0.15, 0.2) is 24.8 Å². The van der Waals surface area contributed by atoms with E-state index in [-0.39, 0.29) is 36.5 Å². The van der Waals surface area contributed by atoms with Crippen LogP contribution in [0, 0.1) is 11.8 Å². The lowest BCUT2D eigenvalue weighted by Crippen LogP contribution is -2.47. The second kappa shape index (κ2) is 13.6. The molecule has 11 heteroatoms. The van der Waals surface area contributed by atoms with Gasteiger partial charge in [-0.2, -0.15) is 0 Å². The van der Waals surface area contributed by atoms with Crippen molar-refractivity contribution in [3.05, 3.63) is 40.4 Å². The molecule has 0 radical (unpaired) electrons. The van der Waals surface area contributed by atoms with Crippen molar-refractivity contribution < 1.29 is 23.6 Å². The molecule has 0 spiro atoms. The minimum absolute atomic E-state index is 0.0665. The van der Waals surface area contributed by atoms with E-state index in [4.69, 9.17) is 32.7 Å². The van der Waals surface area contributed by atoms with Crippen LogP contribution in [0.2, 0.25) is 10.0 Å². The Kier molecular flexibility index (Phi) is 11.1. The predicted molar refractivity (Wildman–Crippen MR) is 161 cm³/mol. The first-order valence-electron chi connectivity index (χ1n) is 13.8. The van der Waals surface area contributed by atoms with Gasteiger partial charge in [0.1, 0.15) is 22.7 Å². The van der Waals surface area contributed by atoms with E-state index in [2.05, 4.69) is 11.3 Å². The molecule has 40 heavy (non-hydrogen) atoms. The van der Waals surface area contributed by atoms with Gasteiger partial charge in [0.15, 0.2) is 0 Å². The van der Waals surface area contributed by atoms with E-state index in [1.165, 1.54) is 0 Å². The molecule has 224 valence electrons. The molecule has 2 saturated heterocycles. The number of amides is 2. The summed E-state index contributed by atoms with van der Waals surface area (Å²) in [5, 5.41) is 0.761. The molecule has 3 rings (SSSR count). The number of ether oxygens (including phenoxy) is 2. The molecule has 1 N–H and O–H groups in total. The molecule has 2 aliphatic heterocycles. The second-order valence-electron chi connectivity index (χ2n) is 12.5. The van der Waals surface area contributed by atoms with E-state index in [1.807, 2.05) is 46.4 Å². The van der Waals surface area contributed by atoms with Crippen LogP contribution in [-0.2, 0) is 20.9 Å². The van der Waals surface area contributed by atoms with Gasteiger partial charge in [-0.05, 0) is 72.8 Å². The molecule has 2 fully saturated rings. The fourth-order valence-electron chi connectivity index (χ4n) is 4.93. The van der Waals surface area contributed by atoms with Gasteiger partial charge in [-0.3, -0.25) is 4.79 Å². The average Bonchev–Trinajstić information content (AvgIpc) is 3.36. The number of nitrogens with one attached hydrogen (secondary N) is 1. The highest BCUT2D eigenvalue weighted by molar-refractivity contribution is 7.90. The first kappa shape index (κ1) is 32.9. The molecule has 1 aromatic carbocycles. The van der Waals surface area contributed by atoms with Gasteiger partial charge in [0, 0.05) is 49.2 Å². The van der Waals surface area contributed by atoms with E-state index >= 15 is 0 Å². The Balaban J connectivity index is 1.74. The van der Waals surface area contributed by atoms with Crippen LogP contribution < -0.4 is 9.46 Å². The monoisotopic (exact) mass is 615 g/mol. The number of carbonyl (C=O) groups is 2. The number of carbonyl (C=O) groups excluding carboxylic acids is 2. The maximum absolute atomic E-state index is 13.4. The van der Waals surface area contributed by atoms with Crippen LogP contribution in [0.4, 0.5) is 4.79 Å². The summed E-state index contributed by atoms with van der Waals surface area (Å²) in [5.74, 6) is 0.460. The number of likely N-dealkylation sites (tertiary alicyclic amines) is 2. The Morgan fingerprint density at radius 1 is 1.10 bits per heavy atom. The van der Waals surface area contributed by atoms with Crippen LogP contribution in [-0.4, -0.2) is 69.5 Å². The molecule has 0 aromatic heterocycles. The third-order valence-electron chi connectivity index (χ3n) is 7.05. The molecule has 8 nitrogen and oxygen atoms in total. The lowest BCUT2D eigenvalue weighted by Gasteiger charge is -2.38. The van der Waals surface area contributed by atoms with Gasteiger partial charge < -0.3 is 23.8 Å². The summed E-state index contributed by atoms with van der Waals surface area (Å²) in [7, 11) is 0. The zero-order valence-corrected chi connectivity index (χ0v) is 26.8. The summed E-state index contributed by atoms with van der Waals surface area (Å²) in [5.41, 5.74) is 0.204. The van der Waals surface area contributed by atoms with E-state index < -0.39 is 21.7 Å². The van der Waals surface area contributed by atoms with Crippen molar-refractivity contribution in [1.29, 1.82) is 0 Å². The van der Waals surface area contributed by atoms with Gasteiger partial charge in [-0.1, -0.05) is 35.9 Å². The minimum Gasteiger partial charge on any atom is -0.598 e. The van der Waals surface area contributed by atoms with Crippen LogP contribution in [0.5, 0.6) is 5.75 Å². The summed E-state index contributed by atoms with van der Waals surface area (Å²) >= 11 is 11.4. The number of hydrogen-bond acceptors (Lipinski definition) is 6. The standard InChI is InChI=1S/C29H43Cl2N3O5S/c1-8-15-38-24-17-23(31)22(30)16-21(24)25(32-40(37)29(5,6)7)19-9-12-33(13-10-19)26(35)20-11-14-34(18-20)27(36)39-28(2,3)4/h8,16-17,19-20,25,32H,1,9-15,18H2,2-7H3/t20-,25?,40?/m0/s1. The first-order chi connectivity index (χ1) is 18.6. The Morgan fingerprint density at radius 2 is 1.70 bits per heavy atom.